The highest BCUT2D eigenvalue weighted by molar-refractivity contribution is 7.10. The Labute approximate surface area is 107 Å². The summed E-state index contributed by atoms with van der Waals surface area (Å²) in [6.07, 6.45) is 0.250. The number of benzene rings is 1. The third-order valence-corrected chi connectivity index (χ3v) is 3.17. The number of nitrogens with zero attached hydrogens (tertiary/aromatic N) is 1. The molecule has 1 N–H and O–H groups in total. The molecular weight excluding hydrogens is 251 g/mol. The summed E-state index contributed by atoms with van der Waals surface area (Å²) >= 11 is 1.49. The maximum Gasteiger partial charge on any atom is 0.229 e. The molecule has 0 unspecified atom stereocenters. The van der Waals surface area contributed by atoms with Gasteiger partial charge in [0.25, 0.3) is 0 Å². The molecule has 1 amide bonds. The van der Waals surface area contributed by atoms with Gasteiger partial charge < -0.3 is 5.32 Å². The zero-order valence-corrected chi connectivity index (χ0v) is 10.1. The van der Waals surface area contributed by atoms with Gasteiger partial charge in [-0.25, -0.2) is 4.39 Å². The normalized spacial score (nSPS) is 9.78. The lowest BCUT2D eigenvalue weighted by molar-refractivity contribution is -0.115. The number of amides is 1. The number of hydrogen-bond donors (Lipinski definition) is 1. The molecule has 3 nitrogen and oxygen atoms in total. The minimum Gasteiger partial charge on any atom is -0.325 e. The number of hydrogen-bond acceptors (Lipinski definition) is 3. The Hall–Kier alpha value is -2.19. The number of carbonyl (C=O) groups is 1. The van der Waals surface area contributed by atoms with Crippen molar-refractivity contribution in [2.75, 3.05) is 5.32 Å². The lowest BCUT2D eigenvalue weighted by atomic mass is 10.2. The quantitative estimate of drug-likeness (QED) is 0.922. The van der Waals surface area contributed by atoms with Gasteiger partial charge in [-0.1, -0.05) is 6.07 Å². The fourth-order valence-corrected chi connectivity index (χ4v) is 2.19. The van der Waals surface area contributed by atoms with Crippen LogP contribution in [0, 0.1) is 17.1 Å². The molecule has 0 saturated carbocycles. The molecule has 0 bridgehead atoms. The predicted octanol–water partition coefficient (Wildman–Crippen LogP) is 2.94. The molecule has 5 heteroatoms. The third kappa shape index (κ3) is 2.93. The zero-order chi connectivity index (χ0) is 13.0. The van der Waals surface area contributed by atoms with Crippen molar-refractivity contribution < 1.29 is 9.18 Å². The first-order chi connectivity index (χ1) is 8.69. The lowest BCUT2D eigenvalue weighted by Crippen LogP contribution is -2.14. The molecule has 1 heterocycles. The molecule has 0 spiro atoms. The fraction of sp³-hybridized carbons (Fsp3) is 0.0769. The summed E-state index contributed by atoms with van der Waals surface area (Å²) in [7, 11) is 0. The van der Waals surface area contributed by atoms with E-state index in [-0.39, 0.29) is 17.9 Å². The van der Waals surface area contributed by atoms with Gasteiger partial charge in [0.1, 0.15) is 11.9 Å². The monoisotopic (exact) mass is 260 g/mol. The van der Waals surface area contributed by atoms with Gasteiger partial charge in [0.05, 0.1) is 17.7 Å². The molecule has 0 radical (unpaired) electrons. The van der Waals surface area contributed by atoms with Gasteiger partial charge >= 0.3 is 0 Å². The summed E-state index contributed by atoms with van der Waals surface area (Å²) in [6, 6.07) is 9.27. The maximum absolute atomic E-state index is 12.9. The first-order valence-corrected chi connectivity index (χ1v) is 6.09. The summed E-state index contributed by atoms with van der Waals surface area (Å²) in [6.45, 7) is 0. The highest BCUT2D eigenvalue weighted by Gasteiger charge is 2.09. The molecule has 2 rings (SSSR count). The second-order valence-corrected chi connectivity index (χ2v) is 4.64. The van der Waals surface area contributed by atoms with Crippen molar-refractivity contribution in [3.8, 4) is 6.07 Å². The molecular formula is C13H9FN2OS. The molecule has 0 fully saturated rings. The Balaban J connectivity index is 2.10. The maximum atomic E-state index is 12.9. The van der Waals surface area contributed by atoms with Gasteiger partial charge in [-0.05, 0) is 29.6 Å². The van der Waals surface area contributed by atoms with Crippen molar-refractivity contribution in [1.29, 1.82) is 5.26 Å². The molecule has 0 aliphatic carbocycles. The second-order valence-electron chi connectivity index (χ2n) is 3.61. The van der Waals surface area contributed by atoms with Crippen molar-refractivity contribution in [2.45, 2.75) is 6.42 Å². The minimum absolute atomic E-state index is 0.120. The molecule has 18 heavy (non-hydrogen) atoms. The van der Waals surface area contributed by atoms with E-state index in [0.29, 0.717) is 5.69 Å². The van der Waals surface area contributed by atoms with Crippen LogP contribution in [0.15, 0.2) is 35.7 Å². The Kier molecular flexibility index (Phi) is 3.70. The van der Waals surface area contributed by atoms with E-state index < -0.39 is 5.82 Å². The summed E-state index contributed by atoms with van der Waals surface area (Å²) in [5, 5.41) is 13.3. The van der Waals surface area contributed by atoms with Crippen LogP contribution in [0.1, 0.15) is 10.4 Å². The SMILES string of the molecule is N#Cc1cc(F)ccc1NC(=O)Cc1cccs1. The van der Waals surface area contributed by atoms with Crippen molar-refractivity contribution in [3.63, 3.8) is 0 Å². The standard InChI is InChI=1S/C13H9FN2OS/c14-10-3-4-12(9(6-10)8-15)16-13(17)7-11-2-1-5-18-11/h1-6H,7H2,(H,16,17). The number of nitriles is 1. The number of carbonyl (C=O) groups excluding carboxylic acids is 1. The van der Waals surface area contributed by atoms with Crippen LogP contribution in [0.4, 0.5) is 10.1 Å². The van der Waals surface area contributed by atoms with Crippen molar-refractivity contribution >= 4 is 22.9 Å². The van der Waals surface area contributed by atoms with Crippen LogP contribution in [0.2, 0.25) is 0 Å². The van der Waals surface area contributed by atoms with Gasteiger partial charge in [-0.15, -0.1) is 11.3 Å². The average molecular weight is 260 g/mol. The Morgan fingerprint density at radius 2 is 2.28 bits per heavy atom. The lowest BCUT2D eigenvalue weighted by Gasteiger charge is -2.06. The van der Waals surface area contributed by atoms with Crippen LogP contribution in [0.25, 0.3) is 0 Å². The molecule has 0 saturated heterocycles. The summed E-state index contributed by atoms with van der Waals surface area (Å²) in [5.41, 5.74) is 0.454. The summed E-state index contributed by atoms with van der Waals surface area (Å²) in [4.78, 5) is 12.7. The Bertz CT molecular complexity index is 602. The van der Waals surface area contributed by atoms with Crippen LogP contribution < -0.4 is 5.32 Å². The van der Waals surface area contributed by atoms with E-state index in [9.17, 15) is 9.18 Å². The first-order valence-electron chi connectivity index (χ1n) is 5.21. The van der Waals surface area contributed by atoms with E-state index >= 15 is 0 Å². The molecule has 1 aromatic carbocycles. The highest BCUT2D eigenvalue weighted by Crippen LogP contribution is 2.17. The number of anilines is 1. The van der Waals surface area contributed by atoms with Crippen molar-refractivity contribution in [3.05, 3.63) is 52.0 Å². The smallest absolute Gasteiger partial charge is 0.229 e. The Morgan fingerprint density at radius 1 is 1.44 bits per heavy atom. The van der Waals surface area contributed by atoms with E-state index in [0.717, 1.165) is 10.9 Å². The van der Waals surface area contributed by atoms with Crippen LogP contribution in [-0.2, 0) is 11.2 Å². The molecule has 90 valence electrons. The largest absolute Gasteiger partial charge is 0.325 e. The van der Waals surface area contributed by atoms with Gasteiger partial charge in [0, 0.05) is 4.88 Å². The van der Waals surface area contributed by atoms with Crippen molar-refractivity contribution in [1.82, 2.24) is 0 Å². The van der Waals surface area contributed by atoms with Crippen LogP contribution in [-0.4, -0.2) is 5.91 Å². The molecule has 1 aromatic heterocycles. The number of thiophene rings is 1. The first kappa shape index (κ1) is 12.3. The molecule has 0 aliphatic rings. The van der Waals surface area contributed by atoms with E-state index in [1.165, 1.54) is 23.5 Å². The zero-order valence-electron chi connectivity index (χ0n) is 9.31. The summed E-state index contributed by atoms with van der Waals surface area (Å²) < 4.78 is 12.9. The Morgan fingerprint density at radius 3 is 2.94 bits per heavy atom. The number of halogens is 1. The fourth-order valence-electron chi connectivity index (χ4n) is 1.48. The third-order valence-electron chi connectivity index (χ3n) is 2.29. The van der Waals surface area contributed by atoms with Crippen LogP contribution in [0.5, 0.6) is 0 Å². The minimum atomic E-state index is -0.497. The van der Waals surface area contributed by atoms with Gasteiger partial charge in [-0.2, -0.15) is 5.26 Å². The van der Waals surface area contributed by atoms with Crippen molar-refractivity contribution in [2.24, 2.45) is 0 Å². The van der Waals surface area contributed by atoms with Gasteiger partial charge in [0.15, 0.2) is 0 Å². The summed E-state index contributed by atoms with van der Waals surface area (Å²) in [5.74, 6) is -0.719. The molecule has 0 atom stereocenters. The van der Waals surface area contributed by atoms with E-state index in [1.807, 2.05) is 23.6 Å². The van der Waals surface area contributed by atoms with E-state index in [2.05, 4.69) is 5.32 Å². The van der Waals surface area contributed by atoms with E-state index in [1.54, 1.807) is 0 Å². The van der Waals surface area contributed by atoms with Gasteiger partial charge in [0.2, 0.25) is 5.91 Å². The second kappa shape index (κ2) is 5.43. The number of rotatable bonds is 3. The van der Waals surface area contributed by atoms with Crippen LogP contribution in [0.3, 0.4) is 0 Å². The number of nitrogens with one attached hydrogen (secondary N) is 1. The topological polar surface area (TPSA) is 52.9 Å². The average Bonchev–Trinajstić information content (AvgIpc) is 2.84. The molecule has 2 aromatic rings. The van der Waals surface area contributed by atoms with Crippen LogP contribution >= 0.6 is 11.3 Å². The predicted molar refractivity (Wildman–Crippen MR) is 67.8 cm³/mol. The molecule has 0 aliphatic heterocycles. The highest BCUT2D eigenvalue weighted by atomic mass is 32.1. The van der Waals surface area contributed by atoms with E-state index in [4.69, 9.17) is 5.26 Å². The van der Waals surface area contributed by atoms with Gasteiger partial charge in [-0.3, -0.25) is 4.79 Å².